The maximum absolute atomic E-state index is 14.2. The van der Waals surface area contributed by atoms with E-state index in [0.717, 1.165) is 62.6 Å². The third-order valence-corrected chi connectivity index (χ3v) is 10.6. The fourth-order valence-electron chi connectivity index (χ4n) is 8.06. The van der Waals surface area contributed by atoms with E-state index in [2.05, 4.69) is 9.97 Å². The lowest BCUT2D eigenvalue weighted by Crippen LogP contribution is -2.42. The van der Waals surface area contributed by atoms with Gasteiger partial charge in [0, 0.05) is 18.7 Å². The zero-order valence-corrected chi connectivity index (χ0v) is 26.7. The van der Waals surface area contributed by atoms with Crippen LogP contribution >= 0.6 is 0 Å². The summed E-state index contributed by atoms with van der Waals surface area (Å²) in [7, 11) is 0. The van der Waals surface area contributed by atoms with Crippen molar-refractivity contribution in [3.8, 4) is 28.3 Å². The van der Waals surface area contributed by atoms with Crippen molar-refractivity contribution in [2.45, 2.75) is 77.6 Å². The van der Waals surface area contributed by atoms with Gasteiger partial charge in [-0.05, 0) is 87.1 Å². The first-order valence-electron chi connectivity index (χ1n) is 16.7. The third-order valence-electron chi connectivity index (χ3n) is 10.6. The predicted octanol–water partition coefficient (Wildman–Crippen LogP) is 5.58. The van der Waals surface area contributed by atoms with Gasteiger partial charge >= 0.3 is 0 Å². The van der Waals surface area contributed by atoms with Gasteiger partial charge in [0.05, 0.1) is 59.7 Å². The molecule has 8 heterocycles. The molecule has 12 heteroatoms. The number of fused-ring (bicyclic) bond motifs is 7. The summed E-state index contributed by atoms with van der Waals surface area (Å²) in [6, 6.07) is 8.52. The fourth-order valence-corrected chi connectivity index (χ4v) is 8.06. The molecular weight excluding hydrogens is 615 g/mol. The molecule has 1 aliphatic carbocycles. The third kappa shape index (κ3) is 4.75. The molecule has 0 unspecified atom stereocenters. The molecule has 1 aromatic carbocycles. The monoisotopic (exact) mass is 650 g/mol. The molecule has 11 nitrogen and oxygen atoms in total. The van der Waals surface area contributed by atoms with Crippen LogP contribution in [0.2, 0.25) is 0 Å². The second-order valence-corrected chi connectivity index (χ2v) is 13.6. The van der Waals surface area contributed by atoms with E-state index in [4.69, 9.17) is 18.9 Å². The highest BCUT2D eigenvalue weighted by Crippen LogP contribution is 2.48. The number of anilines is 1. The number of carbonyl (C=O) groups is 1. The molecule has 2 saturated heterocycles. The van der Waals surface area contributed by atoms with Crippen molar-refractivity contribution >= 4 is 22.6 Å². The van der Waals surface area contributed by atoms with Crippen LogP contribution in [0.4, 0.5) is 10.1 Å². The molecule has 10 rings (SSSR count). The summed E-state index contributed by atoms with van der Waals surface area (Å²) in [5, 5.41) is 0.517. The molecule has 4 aliphatic heterocycles. The van der Waals surface area contributed by atoms with Gasteiger partial charge in [-0.3, -0.25) is 24.2 Å². The van der Waals surface area contributed by atoms with Crippen LogP contribution in [0.1, 0.15) is 55.7 Å². The Morgan fingerprint density at radius 3 is 2.62 bits per heavy atom. The number of aromatic nitrogens is 5. The van der Waals surface area contributed by atoms with Crippen molar-refractivity contribution < 1.29 is 23.1 Å². The van der Waals surface area contributed by atoms with Crippen LogP contribution in [0.3, 0.4) is 0 Å². The van der Waals surface area contributed by atoms with Crippen LogP contribution < -0.4 is 15.2 Å². The molecule has 246 valence electrons. The Balaban J connectivity index is 1.21. The molecular formula is C36H35FN6O5. The maximum atomic E-state index is 14.2. The average Bonchev–Trinajstić information content (AvgIpc) is 3.84. The average molecular weight is 651 g/mol. The van der Waals surface area contributed by atoms with Crippen molar-refractivity contribution in [2.75, 3.05) is 18.1 Å². The van der Waals surface area contributed by atoms with E-state index in [9.17, 15) is 14.0 Å². The highest BCUT2D eigenvalue weighted by molar-refractivity contribution is 6.03. The topological polar surface area (TPSA) is 118 Å². The van der Waals surface area contributed by atoms with Crippen molar-refractivity contribution in [1.82, 2.24) is 24.3 Å². The first-order chi connectivity index (χ1) is 23.4. The van der Waals surface area contributed by atoms with Gasteiger partial charge in [-0.2, -0.15) is 0 Å². The Morgan fingerprint density at radius 2 is 1.88 bits per heavy atom. The number of amides is 1. The van der Waals surface area contributed by atoms with Crippen molar-refractivity contribution in [1.29, 1.82) is 0 Å². The number of ether oxygens (including phenoxy) is 2. The van der Waals surface area contributed by atoms with Crippen LogP contribution in [0.5, 0.6) is 5.75 Å². The molecule has 48 heavy (non-hydrogen) atoms. The molecule has 4 aromatic heterocycles. The van der Waals surface area contributed by atoms with E-state index < -0.39 is 5.82 Å². The summed E-state index contributed by atoms with van der Waals surface area (Å²) in [6.45, 7) is 3.97. The number of aryl methyl sites for hydroxylation is 3. The smallest absolute Gasteiger partial charge is 0.276 e. The Labute approximate surface area is 275 Å². The van der Waals surface area contributed by atoms with E-state index in [-0.39, 0.29) is 30.0 Å². The highest BCUT2D eigenvalue weighted by atomic mass is 19.1. The number of pyridine rings is 2. The molecule has 5 aromatic rings. The lowest BCUT2D eigenvalue weighted by atomic mass is 9.68. The van der Waals surface area contributed by atoms with Gasteiger partial charge in [-0.25, -0.2) is 19.0 Å². The number of hydrogen-bond donors (Lipinski definition) is 0. The summed E-state index contributed by atoms with van der Waals surface area (Å²) in [4.78, 5) is 42.9. The van der Waals surface area contributed by atoms with E-state index in [1.54, 1.807) is 21.8 Å². The molecule has 3 fully saturated rings. The maximum Gasteiger partial charge on any atom is 0.276 e. The standard InChI is InChI=1S/C36H35FN6O5/c1-21-16-39-34(48-21)31-26(9-12-36-10-7-25(8-11-36)47-20-36)40-33-32(35(45)43-14-2-13-42(33)43)30(31)22-3-6-27-28(15-22)46-19-29(44)41(27)18-24-5-4-23(37)17-38-24/h3-6,15-17,25H,2,7-14,18-20H2,1H3. The number of nitrogens with zero attached hydrogens (tertiary/aromatic N) is 6. The number of rotatable bonds is 7. The van der Waals surface area contributed by atoms with Gasteiger partial charge in [0.1, 0.15) is 17.3 Å². The van der Waals surface area contributed by atoms with Crippen molar-refractivity contribution in [3.05, 3.63) is 76.0 Å². The Bertz CT molecular complexity index is 2130. The van der Waals surface area contributed by atoms with Gasteiger partial charge < -0.3 is 13.9 Å². The number of carbonyl (C=O) groups excluding carboxylic acids is 1. The molecule has 1 saturated carbocycles. The molecule has 0 radical (unpaired) electrons. The minimum atomic E-state index is -0.441. The lowest BCUT2D eigenvalue weighted by molar-refractivity contribution is -0.121. The van der Waals surface area contributed by atoms with E-state index >= 15 is 0 Å². The summed E-state index contributed by atoms with van der Waals surface area (Å²) in [6.07, 6.45) is 10.2. The summed E-state index contributed by atoms with van der Waals surface area (Å²) in [5.74, 6) is 0.906. The Morgan fingerprint density at radius 1 is 1.02 bits per heavy atom. The molecule has 5 aliphatic rings. The van der Waals surface area contributed by atoms with Gasteiger partial charge in [-0.15, -0.1) is 0 Å². The second-order valence-electron chi connectivity index (χ2n) is 13.6. The summed E-state index contributed by atoms with van der Waals surface area (Å²) in [5.41, 5.74) is 4.79. The molecule has 0 atom stereocenters. The van der Waals surface area contributed by atoms with Gasteiger partial charge in [0.15, 0.2) is 12.3 Å². The van der Waals surface area contributed by atoms with Crippen LogP contribution in [-0.2, 0) is 35.6 Å². The first-order valence-corrected chi connectivity index (χ1v) is 16.7. The van der Waals surface area contributed by atoms with E-state index in [1.165, 1.54) is 6.07 Å². The summed E-state index contributed by atoms with van der Waals surface area (Å²) >= 11 is 0. The zero-order valence-electron chi connectivity index (χ0n) is 26.7. The largest absolute Gasteiger partial charge is 0.482 e. The second kappa shape index (κ2) is 11.1. The normalized spacial score (nSPS) is 21.5. The number of halogens is 1. The minimum absolute atomic E-state index is 0.100. The zero-order chi connectivity index (χ0) is 32.6. The van der Waals surface area contributed by atoms with E-state index in [1.807, 2.05) is 29.8 Å². The number of hydrogen-bond acceptors (Lipinski definition) is 8. The molecule has 0 N–H and O–H groups in total. The Kier molecular flexibility index (Phi) is 6.79. The SMILES string of the molecule is Cc1cnc(-c2c(CCC34CCC(CC3)OC4)nc3c(c2-c2ccc4c(c2)OCC(=O)N4Cc2ccc(F)cn2)c(=O)n2n3CCC2)o1. The highest BCUT2D eigenvalue weighted by Gasteiger charge is 2.41. The lowest BCUT2D eigenvalue weighted by Gasteiger charge is -2.46. The quantitative estimate of drug-likeness (QED) is 0.224. The molecule has 0 spiro atoms. The van der Waals surface area contributed by atoms with Crippen molar-refractivity contribution in [2.24, 2.45) is 5.41 Å². The van der Waals surface area contributed by atoms with E-state index in [0.29, 0.717) is 76.6 Å². The van der Waals surface area contributed by atoms with Crippen LogP contribution in [0.15, 0.2) is 51.9 Å². The predicted molar refractivity (Wildman–Crippen MR) is 174 cm³/mol. The molecule has 2 bridgehead atoms. The Hall–Kier alpha value is -4.84. The minimum Gasteiger partial charge on any atom is -0.482 e. The van der Waals surface area contributed by atoms with Gasteiger partial charge in [-0.1, -0.05) is 6.07 Å². The summed E-state index contributed by atoms with van der Waals surface area (Å²) < 4.78 is 35.7. The van der Waals surface area contributed by atoms with Crippen LogP contribution in [0.25, 0.3) is 33.6 Å². The number of benzene rings is 1. The molecule has 1 amide bonds. The van der Waals surface area contributed by atoms with Gasteiger partial charge in [0.2, 0.25) is 5.89 Å². The van der Waals surface area contributed by atoms with Gasteiger partial charge in [0.25, 0.3) is 11.5 Å². The van der Waals surface area contributed by atoms with Crippen LogP contribution in [0, 0.1) is 18.2 Å². The first kappa shape index (κ1) is 29.3. The van der Waals surface area contributed by atoms with Crippen LogP contribution in [-0.4, -0.2) is 49.5 Å². The number of oxazole rings is 1. The fraction of sp³-hybridized carbons (Fsp3) is 0.417. The van der Waals surface area contributed by atoms with Crippen molar-refractivity contribution in [3.63, 3.8) is 0 Å².